The van der Waals surface area contributed by atoms with Crippen LogP contribution in [-0.4, -0.2) is 19.1 Å². The van der Waals surface area contributed by atoms with Gasteiger partial charge in [-0.1, -0.05) is 0 Å². The second kappa shape index (κ2) is 3.62. The van der Waals surface area contributed by atoms with Gasteiger partial charge in [0.15, 0.2) is 0 Å². The maximum atomic E-state index is 11.3. The summed E-state index contributed by atoms with van der Waals surface area (Å²) in [5.74, 6) is -0.273. The highest BCUT2D eigenvalue weighted by Gasteiger charge is 2.27. The molecule has 1 unspecified atom stereocenters. The second-order valence-corrected chi connectivity index (χ2v) is 3.41. The van der Waals surface area contributed by atoms with Crippen molar-refractivity contribution in [1.82, 2.24) is 0 Å². The molecule has 0 amide bonds. The van der Waals surface area contributed by atoms with Crippen molar-refractivity contribution < 1.29 is 9.53 Å². The van der Waals surface area contributed by atoms with Crippen molar-refractivity contribution in [3.05, 3.63) is 29.3 Å². The van der Waals surface area contributed by atoms with E-state index in [1.807, 2.05) is 6.07 Å². The lowest BCUT2D eigenvalue weighted by Gasteiger charge is -2.07. The van der Waals surface area contributed by atoms with Gasteiger partial charge in [-0.2, -0.15) is 5.26 Å². The Hall–Kier alpha value is -2.02. The lowest BCUT2D eigenvalue weighted by atomic mass is 10.1. The van der Waals surface area contributed by atoms with E-state index in [4.69, 9.17) is 5.26 Å². The first-order valence-corrected chi connectivity index (χ1v) is 4.62. The van der Waals surface area contributed by atoms with Crippen molar-refractivity contribution in [2.75, 3.05) is 12.4 Å². The summed E-state index contributed by atoms with van der Waals surface area (Å²) in [4.78, 5) is 11.3. The van der Waals surface area contributed by atoms with Crippen molar-refractivity contribution in [2.24, 2.45) is 0 Å². The fourth-order valence-electron chi connectivity index (χ4n) is 1.72. The molecule has 1 N–H and O–H groups in total. The Morgan fingerprint density at radius 3 is 3.13 bits per heavy atom. The number of nitrogens with one attached hydrogen (secondary N) is 1. The van der Waals surface area contributed by atoms with E-state index in [1.54, 1.807) is 12.1 Å². The fraction of sp³-hybridized carbons (Fsp3) is 0.273. The minimum Gasteiger partial charge on any atom is -0.467 e. The number of hydrogen-bond donors (Lipinski definition) is 1. The number of fused-ring (bicyclic) bond motifs is 1. The normalized spacial score (nSPS) is 17.5. The van der Waals surface area contributed by atoms with Crippen LogP contribution in [0.4, 0.5) is 5.69 Å². The van der Waals surface area contributed by atoms with Crippen LogP contribution >= 0.6 is 0 Å². The minimum absolute atomic E-state index is 0.273. The molecule has 0 bridgehead atoms. The van der Waals surface area contributed by atoms with Gasteiger partial charge in [0.1, 0.15) is 6.04 Å². The van der Waals surface area contributed by atoms with E-state index in [-0.39, 0.29) is 12.0 Å². The van der Waals surface area contributed by atoms with Crippen molar-refractivity contribution in [3.63, 3.8) is 0 Å². The number of anilines is 1. The van der Waals surface area contributed by atoms with E-state index in [0.717, 1.165) is 11.3 Å². The third kappa shape index (κ3) is 1.64. The zero-order valence-electron chi connectivity index (χ0n) is 8.28. The summed E-state index contributed by atoms with van der Waals surface area (Å²) in [6.45, 7) is 0. The van der Waals surface area contributed by atoms with Crippen LogP contribution in [0.25, 0.3) is 0 Å². The molecule has 0 aromatic heterocycles. The summed E-state index contributed by atoms with van der Waals surface area (Å²) < 4.78 is 4.66. The number of nitrogens with zero attached hydrogens (tertiary/aromatic N) is 1. The molecular weight excluding hydrogens is 192 g/mol. The molecule has 2 rings (SSSR count). The molecule has 15 heavy (non-hydrogen) atoms. The highest BCUT2D eigenvalue weighted by atomic mass is 16.5. The van der Waals surface area contributed by atoms with Crippen molar-refractivity contribution in [2.45, 2.75) is 12.5 Å². The number of carbonyl (C=O) groups is 1. The third-order valence-corrected chi connectivity index (χ3v) is 2.47. The van der Waals surface area contributed by atoms with Gasteiger partial charge in [0.2, 0.25) is 0 Å². The van der Waals surface area contributed by atoms with Gasteiger partial charge in [0.25, 0.3) is 0 Å². The molecule has 0 saturated heterocycles. The number of esters is 1. The summed E-state index contributed by atoms with van der Waals surface area (Å²) in [7, 11) is 1.37. The molecule has 1 aliphatic rings. The van der Waals surface area contributed by atoms with Gasteiger partial charge in [-0.05, 0) is 23.8 Å². The molecular formula is C11H10N2O2. The molecule has 1 aromatic rings. The maximum absolute atomic E-state index is 11.3. The van der Waals surface area contributed by atoms with Crippen LogP contribution < -0.4 is 5.32 Å². The van der Waals surface area contributed by atoms with E-state index < -0.39 is 0 Å². The summed E-state index contributed by atoms with van der Waals surface area (Å²) in [6, 6.07) is 7.09. The van der Waals surface area contributed by atoms with E-state index >= 15 is 0 Å². The third-order valence-electron chi connectivity index (χ3n) is 2.47. The van der Waals surface area contributed by atoms with Crippen LogP contribution in [0.1, 0.15) is 11.1 Å². The topological polar surface area (TPSA) is 62.1 Å². The molecule has 0 saturated carbocycles. The molecule has 76 valence electrons. The number of carbonyl (C=O) groups excluding carboxylic acids is 1. The van der Waals surface area contributed by atoms with Gasteiger partial charge >= 0.3 is 5.97 Å². The molecule has 1 aromatic carbocycles. The molecule has 0 aliphatic carbocycles. The lowest BCUT2D eigenvalue weighted by molar-refractivity contribution is -0.141. The predicted molar refractivity (Wildman–Crippen MR) is 54.3 cm³/mol. The number of hydrogen-bond acceptors (Lipinski definition) is 4. The van der Waals surface area contributed by atoms with E-state index in [0.29, 0.717) is 12.0 Å². The molecule has 4 nitrogen and oxygen atoms in total. The first-order chi connectivity index (χ1) is 7.24. The number of nitriles is 1. The molecule has 0 spiro atoms. The monoisotopic (exact) mass is 202 g/mol. The fourth-order valence-corrected chi connectivity index (χ4v) is 1.72. The maximum Gasteiger partial charge on any atom is 0.328 e. The standard InChI is InChI=1S/C11H10N2O2/c1-15-11(14)10-5-8-4-7(6-12)2-3-9(8)13-10/h2-4,10,13H,5H2,1H3. The van der Waals surface area contributed by atoms with E-state index in [2.05, 4.69) is 16.1 Å². The highest BCUT2D eigenvalue weighted by molar-refractivity contribution is 5.82. The van der Waals surface area contributed by atoms with Gasteiger partial charge in [0, 0.05) is 12.1 Å². The van der Waals surface area contributed by atoms with E-state index in [9.17, 15) is 4.79 Å². The molecule has 1 heterocycles. The van der Waals surface area contributed by atoms with Crippen LogP contribution in [0.2, 0.25) is 0 Å². The van der Waals surface area contributed by atoms with Gasteiger partial charge < -0.3 is 10.1 Å². The minimum atomic E-state index is -0.320. The van der Waals surface area contributed by atoms with Crippen LogP contribution in [0.3, 0.4) is 0 Å². The Morgan fingerprint density at radius 2 is 2.47 bits per heavy atom. The summed E-state index contributed by atoms with van der Waals surface area (Å²) >= 11 is 0. The SMILES string of the molecule is COC(=O)C1Cc2cc(C#N)ccc2N1. The van der Waals surface area contributed by atoms with Crippen LogP contribution in [0, 0.1) is 11.3 Å². The van der Waals surface area contributed by atoms with Gasteiger partial charge in [-0.15, -0.1) is 0 Å². The Bertz CT molecular complexity index is 448. The van der Waals surface area contributed by atoms with Crippen LogP contribution in [0.5, 0.6) is 0 Å². The first kappa shape index (κ1) is 9.53. The van der Waals surface area contributed by atoms with Crippen molar-refractivity contribution in [3.8, 4) is 6.07 Å². The van der Waals surface area contributed by atoms with Gasteiger partial charge in [0.05, 0.1) is 18.7 Å². The largest absolute Gasteiger partial charge is 0.467 e. The van der Waals surface area contributed by atoms with Crippen LogP contribution in [-0.2, 0) is 16.0 Å². The zero-order valence-corrected chi connectivity index (χ0v) is 8.28. The quantitative estimate of drug-likeness (QED) is 0.692. The summed E-state index contributed by atoms with van der Waals surface area (Å²) in [5, 5.41) is 11.8. The Labute approximate surface area is 87.5 Å². The Kier molecular flexibility index (Phi) is 2.30. The van der Waals surface area contributed by atoms with Crippen molar-refractivity contribution >= 4 is 11.7 Å². The van der Waals surface area contributed by atoms with Gasteiger partial charge in [-0.3, -0.25) is 0 Å². The first-order valence-electron chi connectivity index (χ1n) is 4.62. The Balaban J connectivity index is 2.24. The second-order valence-electron chi connectivity index (χ2n) is 3.41. The van der Waals surface area contributed by atoms with E-state index in [1.165, 1.54) is 7.11 Å². The lowest BCUT2D eigenvalue weighted by Crippen LogP contribution is -2.27. The van der Waals surface area contributed by atoms with Crippen LogP contribution in [0.15, 0.2) is 18.2 Å². The zero-order chi connectivity index (χ0) is 10.8. The number of ether oxygens (including phenoxy) is 1. The number of benzene rings is 1. The Morgan fingerprint density at radius 1 is 1.67 bits per heavy atom. The molecule has 1 atom stereocenters. The molecule has 1 aliphatic heterocycles. The average molecular weight is 202 g/mol. The summed E-state index contributed by atoms with van der Waals surface area (Å²) in [6.07, 6.45) is 0.581. The summed E-state index contributed by atoms with van der Waals surface area (Å²) in [5.41, 5.74) is 2.51. The molecule has 0 radical (unpaired) electrons. The predicted octanol–water partition coefficient (Wildman–Crippen LogP) is 1.07. The number of rotatable bonds is 1. The van der Waals surface area contributed by atoms with Crippen molar-refractivity contribution in [1.29, 1.82) is 5.26 Å². The molecule has 4 heteroatoms. The highest BCUT2D eigenvalue weighted by Crippen LogP contribution is 2.26. The number of methoxy groups -OCH3 is 1. The average Bonchev–Trinajstić information content (AvgIpc) is 2.70. The molecule has 0 fully saturated rings. The van der Waals surface area contributed by atoms with Gasteiger partial charge in [-0.25, -0.2) is 4.79 Å². The smallest absolute Gasteiger partial charge is 0.328 e.